The van der Waals surface area contributed by atoms with Crippen molar-refractivity contribution >= 4 is 29.0 Å². The third-order valence-corrected chi connectivity index (χ3v) is 4.13. The summed E-state index contributed by atoms with van der Waals surface area (Å²) in [6.45, 7) is 1.47. The molecule has 0 fully saturated rings. The number of nitro benzene ring substituents is 1. The lowest BCUT2D eigenvalue weighted by Gasteiger charge is -2.15. The summed E-state index contributed by atoms with van der Waals surface area (Å²) < 4.78 is 40.6. The molecule has 0 unspecified atom stereocenters. The van der Waals surface area contributed by atoms with Crippen LogP contribution in [0.5, 0.6) is 0 Å². The molecule has 1 heterocycles. The Morgan fingerprint density at radius 1 is 1.44 bits per heavy atom. The number of hydrogen-bond acceptors (Lipinski definition) is 7. The maximum Gasteiger partial charge on any atom is 0.418 e. The van der Waals surface area contributed by atoms with Crippen molar-refractivity contribution < 1.29 is 22.9 Å². The highest BCUT2D eigenvalue weighted by Gasteiger charge is 2.36. The number of aromatic nitrogens is 4. The van der Waals surface area contributed by atoms with Crippen LogP contribution in [-0.4, -0.2) is 36.3 Å². The van der Waals surface area contributed by atoms with Crippen LogP contribution in [0.2, 0.25) is 0 Å². The standard InChI is InChI=1S/C12H11F3N6O3S/c1-6(25-11-17-18-19-20(11)2)10(22)16-9-4-3-7(21(23)24)5-8(9)12(13,14)15/h3-6H,1-2H3,(H,16,22)/t6-/m0/s1. The summed E-state index contributed by atoms with van der Waals surface area (Å²) in [5.41, 5.74) is -2.59. The Bertz CT molecular complexity index is 810. The first kappa shape index (κ1) is 18.6. The van der Waals surface area contributed by atoms with Gasteiger partial charge in [0.25, 0.3) is 5.69 Å². The number of carbonyl (C=O) groups is 1. The Morgan fingerprint density at radius 2 is 2.12 bits per heavy atom. The van der Waals surface area contributed by atoms with Crippen LogP contribution in [0, 0.1) is 10.1 Å². The Morgan fingerprint density at radius 3 is 2.64 bits per heavy atom. The van der Waals surface area contributed by atoms with Gasteiger partial charge in [0.15, 0.2) is 0 Å². The molecular formula is C12H11F3N6O3S. The smallest absolute Gasteiger partial charge is 0.325 e. The van der Waals surface area contributed by atoms with Crippen LogP contribution in [0.3, 0.4) is 0 Å². The molecule has 1 aromatic carbocycles. The van der Waals surface area contributed by atoms with Crippen LogP contribution in [0.15, 0.2) is 23.4 Å². The highest BCUT2D eigenvalue weighted by atomic mass is 32.2. The molecule has 13 heteroatoms. The number of aryl methyl sites for hydroxylation is 1. The fraction of sp³-hybridized carbons (Fsp3) is 0.333. The van der Waals surface area contributed by atoms with E-state index in [1.807, 2.05) is 0 Å². The molecule has 134 valence electrons. The molecule has 9 nitrogen and oxygen atoms in total. The molecule has 0 aliphatic heterocycles. The van der Waals surface area contributed by atoms with Gasteiger partial charge >= 0.3 is 6.18 Å². The summed E-state index contributed by atoms with van der Waals surface area (Å²) in [6, 6.07) is 2.11. The lowest BCUT2D eigenvalue weighted by molar-refractivity contribution is -0.385. The van der Waals surface area contributed by atoms with Gasteiger partial charge in [0, 0.05) is 19.2 Å². The fourth-order valence-electron chi connectivity index (χ4n) is 1.76. The molecule has 1 atom stereocenters. The number of nitro groups is 1. The monoisotopic (exact) mass is 376 g/mol. The third kappa shape index (κ3) is 4.43. The number of anilines is 1. The number of alkyl halides is 3. The van der Waals surface area contributed by atoms with Gasteiger partial charge in [-0.15, -0.1) is 5.10 Å². The molecule has 0 bridgehead atoms. The van der Waals surface area contributed by atoms with Crippen LogP contribution in [0.4, 0.5) is 24.5 Å². The maximum atomic E-state index is 13.1. The Labute approximate surface area is 142 Å². The maximum absolute atomic E-state index is 13.1. The van der Waals surface area contributed by atoms with Gasteiger partial charge in [-0.2, -0.15) is 13.2 Å². The first-order valence-electron chi connectivity index (χ1n) is 6.65. The first-order chi connectivity index (χ1) is 11.6. The second-order valence-electron chi connectivity index (χ2n) is 4.82. The zero-order valence-electron chi connectivity index (χ0n) is 12.8. The van der Waals surface area contributed by atoms with E-state index in [1.165, 1.54) is 11.6 Å². The molecule has 0 aliphatic rings. The number of carbonyl (C=O) groups excluding carboxylic acids is 1. The highest BCUT2D eigenvalue weighted by molar-refractivity contribution is 8.00. The number of hydrogen-bond donors (Lipinski definition) is 1. The molecule has 2 aromatic rings. The molecular weight excluding hydrogens is 365 g/mol. The van der Waals surface area contributed by atoms with Crippen LogP contribution in [-0.2, 0) is 18.0 Å². The molecule has 0 aliphatic carbocycles. The molecule has 1 aromatic heterocycles. The number of non-ortho nitro benzene ring substituents is 1. The number of benzene rings is 1. The van der Waals surface area contributed by atoms with E-state index >= 15 is 0 Å². The van der Waals surface area contributed by atoms with Crippen molar-refractivity contribution in [3.8, 4) is 0 Å². The van der Waals surface area contributed by atoms with Gasteiger partial charge in [0.05, 0.1) is 21.4 Å². The van der Waals surface area contributed by atoms with E-state index in [9.17, 15) is 28.1 Å². The molecule has 2 rings (SSSR count). The van der Waals surface area contributed by atoms with Crippen molar-refractivity contribution in [2.45, 2.75) is 23.5 Å². The van der Waals surface area contributed by atoms with Crippen molar-refractivity contribution in [1.82, 2.24) is 20.2 Å². The average Bonchev–Trinajstić information content (AvgIpc) is 2.91. The molecule has 0 saturated carbocycles. The minimum atomic E-state index is -4.86. The molecule has 0 spiro atoms. The predicted molar refractivity (Wildman–Crippen MR) is 80.8 cm³/mol. The van der Waals surface area contributed by atoms with Crippen LogP contribution in [0.1, 0.15) is 12.5 Å². The Balaban J connectivity index is 2.22. The second kappa shape index (κ2) is 7.04. The van der Waals surface area contributed by atoms with E-state index in [0.29, 0.717) is 11.2 Å². The Kier molecular flexibility index (Phi) is 5.25. The number of nitrogens with zero attached hydrogens (tertiary/aromatic N) is 5. The minimum Gasteiger partial charge on any atom is -0.325 e. The summed E-state index contributed by atoms with van der Waals surface area (Å²) in [5, 5.41) is 22.9. The minimum absolute atomic E-state index is 0.308. The van der Waals surface area contributed by atoms with E-state index in [1.54, 1.807) is 7.05 Å². The van der Waals surface area contributed by atoms with Gasteiger partial charge in [-0.1, -0.05) is 11.8 Å². The van der Waals surface area contributed by atoms with Crippen LogP contribution >= 0.6 is 11.8 Å². The predicted octanol–water partition coefficient (Wildman–Crippen LogP) is 2.26. The summed E-state index contributed by atoms with van der Waals surface area (Å²) in [5.74, 6) is -0.729. The number of thioether (sulfide) groups is 1. The normalized spacial score (nSPS) is 12.7. The summed E-state index contributed by atoms with van der Waals surface area (Å²) in [4.78, 5) is 21.9. The average molecular weight is 376 g/mol. The molecule has 1 N–H and O–H groups in total. The summed E-state index contributed by atoms with van der Waals surface area (Å²) >= 11 is 0.951. The fourth-order valence-corrected chi connectivity index (χ4v) is 2.51. The number of halogens is 3. The van der Waals surface area contributed by atoms with Gasteiger partial charge < -0.3 is 5.32 Å². The summed E-state index contributed by atoms with van der Waals surface area (Å²) in [6.07, 6.45) is -4.86. The quantitative estimate of drug-likeness (QED) is 0.483. The first-order valence-corrected chi connectivity index (χ1v) is 7.53. The van der Waals surface area contributed by atoms with Gasteiger partial charge in [0.1, 0.15) is 0 Å². The number of amides is 1. The lowest BCUT2D eigenvalue weighted by Crippen LogP contribution is -2.24. The van der Waals surface area contributed by atoms with Crippen LogP contribution in [0.25, 0.3) is 0 Å². The summed E-state index contributed by atoms with van der Waals surface area (Å²) in [7, 11) is 1.55. The van der Waals surface area contributed by atoms with Gasteiger partial charge in [-0.05, 0) is 23.4 Å². The largest absolute Gasteiger partial charge is 0.418 e. The van der Waals surface area contributed by atoms with Crippen LogP contribution < -0.4 is 5.32 Å². The van der Waals surface area contributed by atoms with Gasteiger partial charge in [-0.3, -0.25) is 14.9 Å². The zero-order valence-corrected chi connectivity index (χ0v) is 13.6. The molecule has 25 heavy (non-hydrogen) atoms. The number of nitrogens with one attached hydrogen (secondary N) is 1. The van der Waals surface area contributed by atoms with E-state index < -0.39 is 39.2 Å². The van der Waals surface area contributed by atoms with E-state index in [4.69, 9.17) is 0 Å². The van der Waals surface area contributed by atoms with Crippen molar-refractivity contribution in [3.05, 3.63) is 33.9 Å². The topological polar surface area (TPSA) is 116 Å². The third-order valence-electron chi connectivity index (χ3n) is 3.01. The van der Waals surface area contributed by atoms with Gasteiger partial charge in [-0.25, -0.2) is 4.68 Å². The van der Waals surface area contributed by atoms with E-state index in [0.717, 1.165) is 23.9 Å². The Hall–Kier alpha value is -2.70. The van der Waals surface area contributed by atoms with Crippen molar-refractivity contribution in [1.29, 1.82) is 0 Å². The van der Waals surface area contributed by atoms with E-state index in [-0.39, 0.29) is 0 Å². The molecule has 0 saturated heterocycles. The SMILES string of the molecule is C[C@H](Sc1nnnn1C)C(=O)Nc1ccc([N+](=O)[O-])cc1C(F)(F)F. The lowest BCUT2D eigenvalue weighted by atomic mass is 10.1. The van der Waals surface area contributed by atoms with Crippen molar-refractivity contribution in [3.63, 3.8) is 0 Å². The number of tetrazole rings is 1. The zero-order chi connectivity index (χ0) is 18.8. The number of rotatable bonds is 5. The van der Waals surface area contributed by atoms with E-state index in [2.05, 4.69) is 20.8 Å². The highest BCUT2D eigenvalue weighted by Crippen LogP contribution is 2.37. The second-order valence-corrected chi connectivity index (χ2v) is 6.13. The molecule has 1 amide bonds. The van der Waals surface area contributed by atoms with Gasteiger partial charge in [0.2, 0.25) is 11.1 Å². The van der Waals surface area contributed by atoms with Crippen molar-refractivity contribution in [2.75, 3.05) is 5.32 Å². The molecule has 0 radical (unpaired) electrons. The van der Waals surface area contributed by atoms with Crippen molar-refractivity contribution in [2.24, 2.45) is 7.05 Å².